The number of halogens is 1. The Morgan fingerprint density at radius 1 is 1.00 bits per heavy atom. The Kier molecular flexibility index (Phi) is 6.76. The van der Waals surface area contributed by atoms with Crippen LogP contribution < -0.4 is 9.47 Å². The number of fused-ring (bicyclic) bond motifs is 1. The van der Waals surface area contributed by atoms with E-state index in [1.54, 1.807) is 32.4 Å². The van der Waals surface area contributed by atoms with E-state index in [2.05, 4.69) is 15.9 Å². The largest absolute Gasteiger partial charge is 0.503 e. The van der Waals surface area contributed by atoms with Gasteiger partial charge >= 0.3 is 0 Å². The number of hydrogen-bond acceptors (Lipinski definition) is 6. The quantitative estimate of drug-likeness (QED) is 0.264. The second kappa shape index (κ2) is 10.1. The number of nitrogens with zero attached hydrogens (tertiary/aromatic N) is 1. The molecule has 7 nitrogen and oxygen atoms in total. The molecular weight excluding hydrogens is 538 g/mol. The third-order valence-electron chi connectivity index (χ3n) is 6.46. The van der Waals surface area contributed by atoms with Gasteiger partial charge in [0.25, 0.3) is 5.91 Å². The number of aliphatic hydroxyl groups is 1. The number of carbonyl (C=O) groups excluding carboxylic acids is 2. The molecule has 1 amide bonds. The van der Waals surface area contributed by atoms with E-state index in [0.29, 0.717) is 23.5 Å². The summed E-state index contributed by atoms with van der Waals surface area (Å²) in [6, 6.07) is 21.0. The smallest absolute Gasteiger partial charge is 0.290 e. The lowest BCUT2D eigenvalue weighted by atomic mass is 9.95. The zero-order chi connectivity index (χ0) is 26.1. The molecule has 5 rings (SSSR count). The van der Waals surface area contributed by atoms with Gasteiger partial charge in [-0.15, -0.1) is 0 Å². The van der Waals surface area contributed by atoms with Gasteiger partial charge in [-0.25, -0.2) is 0 Å². The van der Waals surface area contributed by atoms with Crippen LogP contribution in [0.25, 0.3) is 11.0 Å². The molecule has 0 radical (unpaired) electrons. The molecule has 0 spiro atoms. The maximum absolute atomic E-state index is 13.7. The fraction of sp³-hybridized carbons (Fsp3) is 0.172. The topological polar surface area (TPSA) is 89.2 Å². The molecule has 1 aliphatic rings. The summed E-state index contributed by atoms with van der Waals surface area (Å²) in [6.45, 7) is 0.266. The van der Waals surface area contributed by atoms with Gasteiger partial charge < -0.3 is 23.9 Å². The van der Waals surface area contributed by atoms with Gasteiger partial charge in [-0.05, 0) is 53.9 Å². The Bertz CT molecular complexity index is 1520. The molecule has 37 heavy (non-hydrogen) atoms. The zero-order valence-corrected chi connectivity index (χ0v) is 21.8. The highest BCUT2D eigenvalue weighted by Crippen LogP contribution is 2.40. The first-order valence-corrected chi connectivity index (χ1v) is 12.4. The molecule has 1 atom stereocenters. The number of carbonyl (C=O) groups is 2. The number of furan rings is 1. The summed E-state index contributed by atoms with van der Waals surface area (Å²) in [6.07, 6.45) is 0.475. The van der Waals surface area contributed by atoms with Crippen LogP contribution in [0, 0.1) is 0 Å². The number of aliphatic hydroxyl groups excluding tert-OH is 1. The number of benzene rings is 3. The van der Waals surface area contributed by atoms with Gasteiger partial charge in [0.05, 0.1) is 25.8 Å². The first-order valence-electron chi connectivity index (χ1n) is 11.6. The molecule has 0 aliphatic carbocycles. The van der Waals surface area contributed by atoms with Crippen LogP contribution in [0.1, 0.15) is 27.7 Å². The minimum atomic E-state index is -0.763. The Balaban J connectivity index is 1.49. The second-order valence-corrected chi connectivity index (χ2v) is 9.55. The second-order valence-electron chi connectivity index (χ2n) is 8.64. The van der Waals surface area contributed by atoms with Crippen LogP contribution in [0.5, 0.6) is 11.5 Å². The molecule has 0 saturated heterocycles. The molecule has 0 fully saturated rings. The van der Waals surface area contributed by atoms with Crippen molar-refractivity contribution in [2.75, 3.05) is 20.8 Å². The number of Topliss-reactive ketones (excluding diaryl/α,β-unsaturated/α-hetero) is 1. The Hall–Kier alpha value is -4.04. The Morgan fingerprint density at radius 3 is 2.49 bits per heavy atom. The van der Waals surface area contributed by atoms with Crippen molar-refractivity contribution in [3.05, 3.63) is 105 Å². The van der Waals surface area contributed by atoms with Crippen molar-refractivity contribution < 1.29 is 28.6 Å². The third-order valence-corrected chi connectivity index (χ3v) is 6.95. The average Bonchev–Trinajstić information content (AvgIpc) is 3.45. The van der Waals surface area contributed by atoms with Crippen molar-refractivity contribution in [2.45, 2.75) is 12.5 Å². The third kappa shape index (κ3) is 4.60. The summed E-state index contributed by atoms with van der Waals surface area (Å²) in [5.74, 6) is -0.438. The summed E-state index contributed by atoms with van der Waals surface area (Å²) in [5.41, 5.74) is 2.17. The van der Waals surface area contributed by atoms with E-state index >= 15 is 0 Å². The predicted octanol–water partition coefficient (Wildman–Crippen LogP) is 6.03. The van der Waals surface area contributed by atoms with Gasteiger partial charge in [0, 0.05) is 16.4 Å². The van der Waals surface area contributed by atoms with E-state index < -0.39 is 23.5 Å². The van der Waals surface area contributed by atoms with Gasteiger partial charge in [0.2, 0.25) is 5.78 Å². The van der Waals surface area contributed by atoms with Crippen molar-refractivity contribution in [3.63, 3.8) is 0 Å². The van der Waals surface area contributed by atoms with E-state index in [9.17, 15) is 14.7 Å². The Labute approximate surface area is 222 Å². The monoisotopic (exact) mass is 561 g/mol. The summed E-state index contributed by atoms with van der Waals surface area (Å²) in [7, 11) is 3.13. The fourth-order valence-electron chi connectivity index (χ4n) is 4.64. The first kappa shape index (κ1) is 24.6. The molecule has 4 aromatic rings. The highest BCUT2D eigenvalue weighted by atomic mass is 79.9. The van der Waals surface area contributed by atoms with E-state index in [1.165, 1.54) is 4.90 Å². The Morgan fingerprint density at radius 2 is 1.76 bits per heavy atom. The molecule has 1 aliphatic heterocycles. The molecule has 3 aromatic carbocycles. The number of amides is 1. The highest BCUT2D eigenvalue weighted by Gasteiger charge is 2.44. The maximum atomic E-state index is 13.7. The van der Waals surface area contributed by atoms with Crippen molar-refractivity contribution in [3.8, 4) is 11.5 Å². The average molecular weight is 562 g/mol. The number of hydrogen-bond donors (Lipinski definition) is 1. The molecule has 1 aromatic heterocycles. The molecule has 2 heterocycles. The minimum Gasteiger partial charge on any atom is -0.503 e. The van der Waals surface area contributed by atoms with E-state index in [0.717, 1.165) is 21.0 Å². The standard InChI is InChI=1S/C29H24BrNO6/c1-35-22-10-8-17(14-23(22)36-2)12-13-31-26(18-6-4-3-5-7-18)25(28(33)29(31)34)27(32)24-16-19-15-20(30)9-11-21(19)37-24/h3-11,14-16,26,33H,12-13H2,1-2H3. The van der Waals surface area contributed by atoms with Gasteiger partial charge in [0.15, 0.2) is 23.0 Å². The van der Waals surface area contributed by atoms with Gasteiger partial charge in [-0.2, -0.15) is 0 Å². The summed E-state index contributed by atoms with van der Waals surface area (Å²) in [4.78, 5) is 28.5. The maximum Gasteiger partial charge on any atom is 0.290 e. The van der Waals surface area contributed by atoms with E-state index in [4.69, 9.17) is 13.9 Å². The summed E-state index contributed by atoms with van der Waals surface area (Å²) in [5, 5.41) is 11.7. The predicted molar refractivity (Wildman–Crippen MR) is 142 cm³/mol. The number of ketones is 1. The molecule has 8 heteroatoms. The van der Waals surface area contributed by atoms with Crippen LogP contribution in [0.15, 0.2) is 93.0 Å². The number of methoxy groups -OCH3 is 2. The van der Waals surface area contributed by atoms with Crippen molar-refractivity contribution in [1.82, 2.24) is 4.90 Å². The van der Waals surface area contributed by atoms with Crippen LogP contribution in [0.2, 0.25) is 0 Å². The van der Waals surface area contributed by atoms with E-state index in [-0.39, 0.29) is 17.9 Å². The molecule has 1 N–H and O–H groups in total. The summed E-state index contributed by atoms with van der Waals surface area (Å²) < 4.78 is 17.4. The van der Waals surface area contributed by atoms with Crippen LogP contribution in [0.4, 0.5) is 0 Å². The van der Waals surface area contributed by atoms with Crippen molar-refractivity contribution in [1.29, 1.82) is 0 Å². The summed E-state index contributed by atoms with van der Waals surface area (Å²) >= 11 is 3.42. The molecule has 188 valence electrons. The van der Waals surface area contributed by atoms with Crippen LogP contribution >= 0.6 is 15.9 Å². The fourth-order valence-corrected chi connectivity index (χ4v) is 5.02. The van der Waals surface area contributed by atoms with Gasteiger partial charge in [-0.3, -0.25) is 9.59 Å². The van der Waals surface area contributed by atoms with E-state index in [1.807, 2.05) is 54.6 Å². The van der Waals surface area contributed by atoms with Crippen LogP contribution in [-0.4, -0.2) is 42.5 Å². The molecular formula is C29H24BrNO6. The minimum absolute atomic E-state index is 0.00151. The van der Waals surface area contributed by atoms with Crippen LogP contribution in [-0.2, 0) is 11.2 Å². The number of ether oxygens (including phenoxy) is 2. The van der Waals surface area contributed by atoms with Crippen LogP contribution in [0.3, 0.4) is 0 Å². The van der Waals surface area contributed by atoms with Gasteiger partial charge in [-0.1, -0.05) is 52.3 Å². The SMILES string of the molecule is COc1ccc(CCN2C(=O)C(O)=C(C(=O)c3cc4cc(Br)ccc4o3)C2c2ccccc2)cc1OC. The van der Waals surface area contributed by atoms with Crippen molar-refractivity contribution >= 4 is 38.6 Å². The van der Waals surface area contributed by atoms with Gasteiger partial charge in [0.1, 0.15) is 5.58 Å². The molecule has 0 bridgehead atoms. The normalized spacial score (nSPS) is 15.5. The lowest BCUT2D eigenvalue weighted by Crippen LogP contribution is -2.33. The molecule has 1 unspecified atom stereocenters. The lowest BCUT2D eigenvalue weighted by Gasteiger charge is -2.26. The highest BCUT2D eigenvalue weighted by molar-refractivity contribution is 9.10. The first-order chi connectivity index (χ1) is 17.9. The zero-order valence-electron chi connectivity index (χ0n) is 20.2. The number of rotatable bonds is 8. The molecule has 0 saturated carbocycles. The van der Waals surface area contributed by atoms with Crippen molar-refractivity contribution in [2.24, 2.45) is 0 Å². The lowest BCUT2D eigenvalue weighted by molar-refractivity contribution is -0.129.